The number of ether oxygens (including phenoxy) is 1. The third kappa shape index (κ3) is 4.63. The molecule has 2 aliphatic rings. The molecule has 2 aliphatic heterocycles. The largest absolute Gasteiger partial charge is 0.507 e. The standard InChI is InChI=1S/C26H29ClN2O4/c1-3-28(4-2)20-13-9-17(10-14-20)23-22(24(30)18-7-11-19(27)12-8-18)25(31)26(32)29(23)16-21-6-5-15-33-21/h7-14,21,23,30H,3-6,15-16H2,1-2H3. The van der Waals surface area contributed by atoms with E-state index in [4.69, 9.17) is 16.3 Å². The number of carbonyl (C=O) groups is 2. The van der Waals surface area contributed by atoms with Crippen LogP contribution in [0.2, 0.25) is 5.02 Å². The average molecular weight is 469 g/mol. The highest BCUT2D eigenvalue weighted by Gasteiger charge is 2.47. The molecule has 174 valence electrons. The van der Waals surface area contributed by atoms with Crippen molar-refractivity contribution in [1.82, 2.24) is 4.90 Å². The highest BCUT2D eigenvalue weighted by atomic mass is 35.5. The zero-order valence-electron chi connectivity index (χ0n) is 19.0. The summed E-state index contributed by atoms with van der Waals surface area (Å²) in [6, 6.07) is 13.8. The van der Waals surface area contributed by atoms with Gasteiger partial charge in [-0.2, -0.15) is 0 Å². The van der Waals surface area contributed by atoms with E-state index in [0.717, 1.165) is 37.2 Å². The topological polar surface area (TPSA) is 70.1 Å². The van der Waals surface area contributed by atoms with E-state index < -0.39 is 17.7 Å². The van der Waals surface area contributed by atoms with Gasteiger partial charge in [0.05, 0.1) is 17.7 Å². The van der Waals surface area contributed by atoms with E-state index >= 15 is 0 Å². The summed E-state index contributed by atoms with van der Waals surface area (Å²) in [5.74, 6) is -1.49. The molecule has 4 rings (SSSR count). The summed E-state index contributed by atoms with van der Waals surface area (Å²) < 4.78 is 5.75. The van der Waals surface area contributed by atoms with Gasteiger partial charge < -0.3 is 19.6 Å². The maximum Gasteiger partial charge on any atom is 0.295 e. The Morgan fingerprint density at radius 1 is 1.09 bits per heavy atom. The van der Waals surface area contributed by atoms with Crippen LogP contribution in [0.4, 0.5) is 5.69 Å². The van der Waals surface area contributed by atoms with E-state index in [0.29, 0.717) is 23.7 Å². The number of likely N-dealkylation sites (tertiary alicyclic amines) is 1. The van der Waals surface area contributed by atoms with Crippen molar-refractivity contribution in [2.45, 2.75) is 38.8 Å². The number of aliphatic hydroxyl groups is 1. The third-order valence-corrected chi connectivity index (χ3v) is 6.67. The van der Waals surface area contributed by atoms with Gasteiger partial charge in [0, 0.05) is 42.5 Å². The maximum absolute atomic E-state index is 13.1. The van der Waals surface area contributed by atoms with Crippen molar-refractivity contribution in [2.24, 2.45) is 0 Å². The van der Waals surface area contributed by atoms with Gasteiger partial charge in [-0.1, -0.05) is 23.7 Å². The van der Waals surface area contributed by atoms with E-state index in [9.17, 15) is 14.7 Å². The average Bonchev–Trinajstić information content (AvgIpc) is 3.43. The summed E-state index contributed by atoms with van der Waals surface area (Å²) in [6.07, 6.45) is 1.66. The number of halogens is 1. The molecule has 0 bridgehead atoms. The molecule has 0 radical (unpaired) electrons. The number of nitrogens with zero attached hydrogens (tertiary/aromatic N) is 2. The Balaban J connectivity index is 1.78. The van der Waals surface area contributed by atoms with Crippen LogP contribution in [0.25, 0.3) is 5.76 Å². The van der Waals surface area contributed by atoms with Crippen molar-refractivity contribution in [2.75, 3.05) is 31.1 Å². The van der Waals surface area contributed by atoms with E-state index in [-0.39, 0.29) is 17.4 Å². The lowest BCUT2D eigenvalue weighted by molar-refractivity contribution is -0.140. The van der Waals surface area contributed by atoms with Crippen LogP contribution >= 0.6 is 11.6 Å². The van der Waals surface area contributed by atoms with E-state index in [1.54, 1.807) is 29.2 Å². The third-order valence-electron chi connectivity index (χ3n) is 6.42. The molecule has 33 heavy (non-hydrogen) atoms. The number of anilines is 1. The second-order valence-corrected chi connectivity index (χ2v) is 8.79. The molecule has 1 N–H and O–H groups in total. The molecule has 0 saturated carbocycles. The first kappa shape index (κ1) is 23.3. The van der Waals surface area contributed by atoms with Crippen LogP contribution in [0.5, 0.6) is 0 Å². The predicted octanol–water partition coefficient (Wildman–Crippen LogP) is 4.79. The number of ketones is 1. The monoisotopic (exact) mass is 468 g/mol. The number of amides is 1. The molecule has 6 nitrogen and oxygen atoms in total. The Hall–Kier alpha value is -2.83. The molecule has 0 spiro atoms. The molecule has 2 unspecified atom stereocenters. The smallest absolute Gasteiger partial charge is 0.295 e. The molecule has 1 amide bonds. The quantitative estimate of drug-likeness (QED) is 0.359. The number of benzene rings is 2. The fourth-order valence-corrected chi connectivity index (χ4v) is 4.77. The van der Waals surface area contributed by atoms with Crippen molar-refractivity contribution < 1.29 is 19.4 Å². The van der Waals surface area contributed by atoms with Crippen LogP contribution < -0.4 is 4.90 Å². The summed E-state index contributed by atoms with van der Waals surface area (Å²) in [5.41, 5.74) is 2.38. The van der Waals surface area contributed by atoms with Gasteiger partial charge in [-0.3, -0.25) is 9.59 Å². The van der Waals surface area contributed by atoms with Gasteiger partial charge in [-0.15, -0.1) is 0 Å². The van der Waals surface area contributed by atoms with Gasteiger partial charge in [0.2, 0.25) is 0 Å². The molecule has 0 aliphatic carbocycles. The molecular formula is C26H29ClN2O4. The number of rotatable bonds is 7. The van der Waals surface area contributed by atoms with E-state index in [1.165, 1.54) is 0 Å². The molecular weight excluding hydrogens is 440 g/mol. The molecule has 2 fully saturated rings. The van der Waals surface area contributed by atoms with E-state index in [1.807, 2.05) is 24.3 Å². The van der Waals surface area contributed by atoms with Crippen molar-refractivity contribution in [3.63, 3.8) is 0 Å². The Labute approximate surface area is 199 Å². The normalized spacial score (nSPS) is 22.2. The first-order chi connectivity index (χ1) is 15.9. The SMILES string of the molecule is CCN(CC)c1ccc(C2C(=C(O)c3ccc(Cl)cc3)C(=O)C(=O)N2CC2CCCO2)cc1. The van der Waals surface area contributed by atoms with Crippen LogP contribution in [0.3, 0.4) is 0 Å². The van der Waals surface area contributed by atoms with Crippen molar-refractivity contribution in [1.29, 1.82) is 0 Å². The highest BCUT2D eigenvalue weighted by Crippen LogP contribution is 2.40. The Morgan fingerprint density at radius 2 is 1.76 bits per heavy atom. The van der Waals surface area contributed by atoms with Gasteiger partial charge in [0.1, 0.15) is 5.76 Å². The van der Waals surface area contributed by atoms with Crippen molar-refractivity contribution >= 4 is 34.7 Å². The number of aliphatic hydroxyl groups excluding tert-OH is 1. The minimum atomic E-state index is -0.685. The minimum Gasteiger partial charge on any atom is -0.507 e. The Morgan fingerprint density at radius 3 is 2.33 bits per heavy atom. The summed E-state index contributed by atoms with van der Waals surface area (Å²) in [4.78, 5) is 30.0. The number of carbonyl (C=O) groups excluding carboxylic acids is 2. The fraction of sp³-hybridized carbons (Fsp3) is 0.385. The predicted molar refractivity (Wildman–Crippen MR) is 129 cm³/mol. The molecule has 0 aromatic heterocycles. The molecule has 2 heterocycles. The van der Waals surface area contributed by atoms with Crippen molar-refractivity contribution in [3.05, 3.63) is 70.3 Å². The van der Waals surface area contributed by atoms with E-state index in [2.05, 4.69) is 18.7 Å². The molecule has 2 aromatic carbocycles. The summed E-state index contributed by atoms with van der Waals surface area (Å²) in [5, 5.41) is 11.6. The van der Waals surface area contributed by atoms with Crippen LogP contribution in [-0.4, -0.2) is 54.0 Å². The van der Waals surface area contributed by atoms with Gasteiger partial charge in [-0.25, -0.2) is 0 Å². The number of Topliss-reactive ketones (excluding diaryl/α,β-unsaturated/α-hetero) is 1. The van der Waals surface area contributed by atoms with Gasteiger partial charge in [-0.05, 0) is 68.7 Å². The lowest BCUT2D eigenvalue weighted by Gasteiger charge is -2.28. The molecule has 2 saturated heterocycles. The van der Waals surface area contributed by atoms with Crippen molar-refractivity contribution in [3.8, 4) is 0 Å². The first-order valence-electron chi connectivity index (χ1n) is 11.5. The summed E-state index contributed by atoms with van der Waals surface area (Å²) in [6.45, 7) is 6.92. The summed E-state index contributed by atoms with van der Waals surface area (Å²) >= 11 is 5.99. The van der Waals surface area contributed by atoms with Crippen LogP contribution in [0.1, 0.15) is 43.9 Å². The van der Waals surface area contributed by atoms with Crippen LogP contribution in [0.15, 0.2) is 54.1 Å². The van der Waals surface area contributed by atoms with Crippen LogP contribution in [0, 0.1) is 0 Å². The van der Waals surface area contributed by atoms with Gasteiger partial charge in [0.25, 0.3) is 11.7 Å². The molecule has 7 heteroatoms. The minimum absolute atomic E-state index is 0.0934. The zero-order valence-corrected chi connectivity index (χ0v) is 19.7. The zero-order chi connectivity index (χ0) is 23.5. The van der Waals surface area contributed by atoms with Crippen LogP contribution in [-0.2, 0) is 14.3 Å². The second-order valence-electron chi connectivity index (χ2n) is 8.36. The highest BCUT2D eigenvalue weighted by molar-refractivity contribution is 6.46. The Kier molecular flexibility index (Phi) is 7.05. The number of hydrogen-bond acceptors (Lipinski definition) is 5. The van der Waals surface area contributed by atoms with Gasteiger partial charge >= 0.3 is 0 Å². The lowest BCUT2D eigenvalue weighted by atomic mass is 9.95. The number of hydrogen-bond donors (Lipinski definition) is 1. The lowest BCUT2D eigenvalue weighted by Crippen LogP contribution is -2.36. The molecule has 2 atom stereocenters. The second kappa shape index (κ2) is 9.98. The fourth-order valence-electron chi connectivity index (χ4n) is 4.64. The summed E-state index contributed by atoms with van der Waals surface area (Å²) in [7, 11) is 0. The first-order valence-corrected chi connectivity index (χ1v) is 11.8. The van der Waals surface area contributed by atoms with Gasteiger partial charge in [0.15, 0.2) is 0 Å². The Bertz CT molecular complexity index is 1040. The maximum atomic E-state index is 13.1. The molecule has 2 aromatic rings.